The van der Waals surface area contributed by atoms with E-state index in [-0.39, 0.29) is 25.5 Å². The van der Waals surface area contributed by atoms with Gasteiger partial charge in [-0.05, 0) is 114 Å². The van der Waals surface area contributed by atoms with E-state index in [1.165, 1.54) is 6.26 Å². The Kier molecular flexibility index (Phi) is 16.4. The highest BCUT2D eigenvalue weighted by Gasteiger charge is 2.39. The number of halogens is 2. The van der Waals surface area contributed by atoms with E-state index < -0.39 is 40.7 Å². The maximum Gasteiger partial charge on any atom is 0.300 e. The molecule has 388 valence electrons. The van der Waals surface area contributed by atoms with Crippen molar-refractivity contribution >= 4 is 96.2 Å². The molecule has 3 heterocycles. The molecule has 6 aromatic carbocycles. The van der Waals surface area contributed by atoms with Crippen LogP contribution >= 0.6 is 23.2 Å². The highest BCUT2D eigenvalue weighted by Crippen LogP contribution is 2.44. The maximum absolute atomic E-state index is 12.7. The molecule has 0 bridgehead atoms. The summed E-state index contributed by atoms with van der Waals surface area (Å²) in [6.45, 7) is 12.0. The molecular formula is C61H52Cl2O13. The summed E-state index contributed by atoms with van der Waals surface area (Å²) in [4.78, 5) is 84.5. The van der Waals surface area contributed by atoms with Crippen LogP contribution in [0.3, 0.4) is 0 Å². The van der Waals surface area contributed by atoms with Gasteiger partial charge in [0, 0.05) is 58.5 Å². The van der Waals surface area contributed by atoms with Crippen LogP contribution in [-0.4, -0.2) is 64.1 Å². The predicted molar refractivity (Wildman–Crippen MR) is 293 cm³/mol. The number of ketones is 6. The van der Waals surface area contributed by atoms with E-state index in [9.17, 15) is 33.9 Å². The number of hydrogen-bond acceptors (Lipinski definition) is 12. The number of Topliss-reactive ketones (excluding diaryl/α,β-unsaturated/α-hetero) is 6. The first-order chi connectivity index (χ1) is 35.8. The molecule has 9 aromatic rings. The lowest BCUT2D eigenvalue weighted by Crippen LogP contribution is -2.21. The number of ether oxygens (including phenoxy) is 1. The molecule has 0 fully saturated rings. The number of furan rings is 3. The molecule has 3 aromatic heterocycles. The Morgan fingerprint density at radius 2 is 0.816 bits per heavy atom. The topological polar surface area (TPSA) is 209 Å². The van der Waals surface area contributed by atoms with Gasteiger partial charge in [0.05, 0.1) is 28.8 Å². The molecular weight excluding hydrogens is 1010 g/mol. The number of rotatable bonds is 3. The molecule has 15 heteroatoms. The van der Waals surface area contributed by atoms with Crippen molar-refractivity contribution in [3.05, 3.63) is 176 Å². The third-order valence-electron chi connectivity index (χ3n) is 13.4. The Bertz CT molecular complexity index is 3730. The first kappa shape index (κ1) is 55.7. The van der Waals surface area contributed by atoms with E-state index in [1.54, 1.807) is 27.9 Å². The molecule has 0 saturated heterocycles. The van der Waals surface area contributed by atoms with Crippen LogP contribution in [0.1, 0.15) is 121 Å². The molecule has 0 unspecified atom stereocenters. The van der Waals surface area contributed by atoms with Gasteiger partial charge in [-0.2, -0.15) is 0 Å². The van der Waals surface area contributed by atoms with Crippen molar-refractivity contribution in [2.24, 2.45) is 0 Å². The van der Waals surface area contributed by atoms with Crippen LogP contribution in [0.4, 0.5) is 0 Å². The van der Waals surface area contributed by atoms with Crippen molar-refractivity contribution in [2.75, 3.05) is 13.2 Å². The number of aliphatic carboxylic acids is 1. The van der Waals surface area contributed by atoms with Crippen LogP contribution < -0.4 is 0 Å². The van der Waals surface area contributed by atoms with Crippen molar-refractivity contribution in [3.63, 3.8) is 0 Å². The van der Waals surface area contributed by atoms with Gasteiger partial charge in [0.1, 0.15) is 41.5 Å². The maximum atomic E-state index is 12.7. The second-order valence-electron chi connectivity index (χ2n) is 18.0. The van der Waals surface area contributed by atoms with E-state index in [4.69, 9.17) is 46.4 Å². The average Bonchev–Trinajstić information content (AvgIpc) is 4.09. The molecule has 0 aliphatic heterocycles. The second-order valence-corrected chi connectivity index (χ2v) is 18.5. The predicted octanol–water partition coefficient (Wildman–Crippen LogP) is 14.1. The van der Waals surface area contributed by atoms with Crippen molar-refractivity contribution in [1.82, 2.24) is 0 Å². The zero-order valence-electron chi connectivity index (χ0n) is 42.0. The summed E-state index contributed by atoms with van der Waals surface area (Å²) in [7, 11) is 1.55. The third kappa shape index (κ3) is 9.51. The lowest BCUT2D eigenvalue weighted by molar-refractivity contribution is -0.134. The molecule has 3 aliphatic carbocycles. The van der Waals surface area contributed by atoms with Crippen LogP contribution in [0, 0.1) is 41.5 Å². The largest absolute Gasteiger partial charge is 0.481 e. The first-order valence-electron chi connectivity index (χ1n) is 23.4. The van der Waals surface area contributed by atoms with E-state index in [0.29, 0.717) is 96.1 Å². The molecule has 0 spiro atoms. The quantitative estimate of drug-likeness (QED) is 0.125. The van der Waals surface area contributed by atoms with E-state index in [1.807, 2.05) is 112 Å². The average molecular weight is 1060 g/mol. The monoisotopic (exact) mass is 1060 g/mol. The molecule has 3 aliphatic rings. The summed E-state index contributed by atoms with van der Waals surface area (Å²) in [6, 6.07) is 28.9. The molecule has 0 radical (unpaired) electrons. The number of aliphatic hydroxyl groups excluding tert-OH is 1. The fourth-order valence-corrected chi connectivity index (χ4v) is 10.0. The minimum absolute atomic E-state index is 0. The van der Waals surface area contributed by atoms with Crippen molar-refractivity contribution in [1.29, 1.82) is 0 Å². The molecule has 0 atom stereocenters. The number of alkyl halides is 2. The van der Waals surface area contributed by atoms with Gasteiger partial charge in [0.25, 0.3) is 5.97 Å². The van der Waals surface area contributed by atoms with Crippen LogP contribution in [0.2, 0.25) is 0 Å². The van der Waals surface area contributed by atoms with Crippen molar-refractivity contribution in [2.45, 2.75) is 68.4 Å². The van der Waals surface area contributed by atoms with Crippen molar-refractivity contribution in [3.8, 4) is 34.0 Å². The summed E-state index contributed by atoms with van der Waals surface area (Å²) in [6.07, 6.45) is 1.53. The third-order valence-corrected chi connectivity index (χ3v) is 13.9. The van der Waals surface area contributed by atoms with Gasteiger partial charge in [-0.3, -0.25) is 33.6 Å². The number of carbonyl (C=O) groups is 7. The van der Waals surface area contributed by atoms with Crippen molar-refractivity contribution < 1.29 is 61.8 Å². The lowest BCUT2D eigenvalue weighted by Gasteiger charge is -2.16. The molecule has 76 heavy (non-hydrogen) atoms. The molecule has 0 saturated carbocycles. The summed E-state index contributed by atoms with van der Waals surface area (Å²) < 4.78 is 21.3. The number of hydrogen-bond donors (Lipinski definition) is 2. The summed E-state index contributed by atoms with van der Waals surface area (Å²) >= 11 is 10.9. The number of aliphatic hydroxyl groups is 1. The zero-order valence-corrected chi connectivity index (χ0v) is 43.5. The fourth-order valence-electron chi connectivity index (χ4n) is 9.78. The van der Waals surface area contributed by atoms with Crippen LogP contribution in [0.15, 0.2) is 111 Å². The minimum Gasteiger partial charge on any atom is -0.481 e. The number of fused-ring (bicyclic) bond motifs is 15. The van der Waals surface area contributed by atoms with Gasteiger partial charge in [0.2, 0.25) is 34.7 Å². The fraction of sp³-hybridized carbons (Fsp3) is 0.197. The Balaban J connectivity index is 0.000000154. The second kappa shape index (κ2) is 22.4. The highest BCUT2D eigenvalue weighted by molar-refractivity contribution is 6.56. The van der Waals surface area contributed by atoms with E-state index >= 15 is 0 Å². The molecule has 12 rings (SSSR count). The smallest absolute Gasteiger partial charge is 0.300 e. The van der Waals surface area contributed by atoms with Gasteiger partial charge in [-0.25, -0.2) is 0 Å². The Hall–Kier alpha value is -8.07. The van der Waals surface area contributed by atoms with Crippen LogP contribution in [-0.2, 0) is 22.0 Å². The summed E-state index contributed by atoms with van der Waals surface area (Å²) in [5, 5.41) is 22.1. The Morgan fingerprint density at radius 3 is 1.17 bits per heavy atom. The van der Waals surface area contributed by atoms with E-state index in [0.717, 1.165) is 55.9 Å². The number of carboxylic acid groups (broad SMARTS) is 1. The van der Waals surface area contributed by atoms with Gasteiger partial charge < -0.3 is 28.2 Å². The van der Waals surface area contributed by atoms with Gasteiger partial charge in [-0.1, -0.05) is 91.8 Å². The number of benzene rings is 6. The molecule has 0 amide bonds. The van der Waals surface area contributed by atoms with Gasteiger partial charge >= 0.3 is 0 Å². The number of carboxylic acids is 1. The summed E-state index contributed by atoms with van der Waals surface area (Å²) in [5.74, 6) is -1.44. The number of carbonyl (C=O) groups excluding carboxylic acids is 6. The van der Waals surface area contributed by atoms with Crippen LogP contribution in [0.25, 0.3) is 66.3 Å². The number of aryl methyl sites for hydroxylation is 4. The minimum atomic E-state index is -0.833. The number of methoxy groups -OCH3 is 1. The summed E-state index contributed by atoms with van der Waals surface area (Å²) in [5.41, 5.74) is 9.39. The first-order valence-corrected chi connectivity index (χ1v) is 24.5. The van der Waals surface area contributed by atoms with Gasteiger partial charge in [-0.15, -0.1) is 11.6 Å². The highest BCUT2D eigenvalue weighted by atomic mass is 35.5. The normalized spacial score (nSPS) is 12.5. The Labute approximate surface area is 447 Å². The Morgan fingerprint density at radius 1 is 0.487 bits per heavy atom. The zero-order chi connectivity index (χ0) is 54.3. The van der Waals surface area contributed by atoms with Crippen LogP contribution in [0.5, 0.6) is 0 Å². The standard InChI is InChI=1S/C19H13ClO3.C19H14O4.C18H12O3.C2H5ClO.C2H4O2.CH4/c2*1-9-4-3-5-12-11(9)6-7-13-16(12)18(22)17(21)15-10(2)14(8-20)23-19(13)15;1-9-4-3-5-12-11(9)6-7-13-15(12)17(20)16(19)14-10(2)8-21-18(13)14;1-4-2-3;1-2(3)4;/h3-7H,8H2,1-2H3;3-7,20H,8H2,1-2H3;3-8H,1-2H3;2H2,1H3;1H3,(H,3,4);1H4. The molecule has 2 N–H and O–H groups in total. The SMILES string of the molecule is C.CC(=O)O.COCCl.Cc1c(CCl)oc2c1C(=O)C(=O)c1c-2ccc2c(C)cccc12.Cc1c(CO)oc2c1C(=O)C(=O)c1c-2ccc2c(C)cccc12.Cc1coc2c1C(=O)C(=O)c1c-2ccc2c(C)cccc12. The van der Waals surface area contributed by atoms with E-state index in [2.05, 4.69) is 4.74 Å². The lowest BCUT2D eigenvalue weighted by atomic mass is 9.83. The molecule has 13 nitrogen and oxygen atoms in total. The van der Waals surface area contributed by atoms with Gasteiger partial charge in [0.15, 0.2) is 0 Å².